The normalized spacial score (nSPS) is 11.7. The molecule has 0 saturated carbocycles. The second-order valence-electron chi connectivity index (χ2n) is 16.6. The van der Waals surface area contributed by atoms with Crippen molar-refractivity contribution in [3.05, 3.63) is 200 Å². The molecule has 3 heterocycles. The number of hydrogen-bond donors (Lipinski definition) is 0. The van der Waals surface area contributed by atoms with Gasteiger partial charge in [-0.25, -0.2) is 4.98 Å². The van der Waals surface area contributed by atoms with Gasteiger partial charge in [0.1, 0.15) is 0 Å². The van der Waals surface area contributed by atoms with Crippen LogP contribution in [-0.2, 0) is 0 Å². The van der Waals surface area contributed by atoms with Crippen molar-refractivity contribution in [3.8, 4) is 67.8 Å². The molecule has 9 aromatic carbocycles. The monoisotopic (exact) mass is 821 g/mol. The van der Waals surface area contributed by atoms with Crippen molar-refractivity contribution >= 4 is 54.4 Å². The lowest BCUT2D eigenvalue weighted by Crippen LogP contribution is -2.06. The molecule has 5 nitrogen and oxygen atoms in total. The van der Waals surface area contributed by atoms with Crippen LogP contribution in [0.4, 0.5) is 0 Å². The molecule has 0 fully saturated rings. The molecule has 13 rings (SSSR count). The predicted molar refractivity (Wildman–Crippen MR) is 267 cm³/mol. The molecular weight excluding hydrogens is 779 g/mol. The van der Waals surface area contributed by atoms with Crippen LogP contribution in [0.25, 0.3) is 122 Å². The number of rotatable bonds is 6. The number of para-hydroxylation sites is 2. The first-order chi connectivity index (χ1) is 31.7. The first kappa shape index (κ1) is 37.6. The number of hydrogen-bond acceptors (Lipinski definition) is 3. The van der Waals surface area contributed by atoms with E-state index in [-0.39, 0.29) is 0 Å². The van der Waals surface area contributed by atoms with E-state index in [9.17, 15) is 0 Å². The Labute approximate surface area is 371 Å². The minimum Gasteiger partial charge on any atom is -0.309 e. The first-order valence-corrected chi connectivity index (χ1v) is 22.3. The largest absolute Gasteiger partial charge is 0.309 e. The fraction of sp³-hybridized carbons (Fsp3) is 0.0678. The molecule has 1 aliphatic rings. The lowest BCUT2D eigenvalue weighted by atomic mass is 10.0. The number of nitrogens with zero attached hydrogens (tertiary/aromatic N) is 5. The second-order valence-corrected chi connectivity index (χ2v) is 16.6. The third-order valence-electron chi connectivity index (χ3n) is 12.8. The molecule has 64 heavy (non-hydrogen) atoms. The number of benzene rings is 9. The maximum Gasteiger partial charge on any atom is 0.238 e. The summed E-state index contributed by atoms with van der Waals surface area (Å²) in [5, 5.41) is 7.34. The summed E-state index contributed by atoms with van der Waals surface area (Å²) < 4.78 is 4.64. The number of unbranched alkanes of at least 4 members (excludes halogenated alkanes) is 1. The molecule has 0 atom stereocenters. The summed E-state index contributed by atoms with van der Waals surface area (Å²) in [7, 11) is 0. The van der Waals surface area contributed by atoms with Gasteiger partial charge in [0.05, 0.1) is 27.8 Å². The summed E-state index contributed by atoms with van der Waals surface area (Å²) in [4.78, 5) is 15.2. The highest BCUT2D eigenvalue weighted by Crippen LogP contribution is 2.49. The molecule has 0 spiro atoms. The molecule has 5 heteroatoms. The third kappa shape index (κ3) is 5.96. The maximum absolute atomic E-state index is 5.12. The molecule has 0 unspecified atom stereocenters. The van der Waals surface area contributed by atoms with Gasteiger partial charge in [-0.15, -0.1) is 0 Å². The lowest BCUT2D eigenvalue weighted by molar-refractivity contribution is 0.886. The SMILES string of the molecule is CCCC.c1ccc(-c2nc(-c3ccccc3)nc(-n3c4ccccc4c4cc(-c5ccc6c(c5)c5ccccc5n6-c5ccc6c7c(cccc57)-c5ccccc5-6)ccc43)n2)cc1. The van der Waals surface area contributed by atoms with Crippen molar-refractivity contribution in [3.63, 3.8) is 0 Å². The van der Waals surface area contributed by atoms with E-state index in [1.807, 2.05) is 60.7 Å². The summed E-state index contributed by atoms with van der Waals surface area (Å²) in [6.45, 7) is 4.36. The van der Waals surface area contributed by atoms with Crippen molar-refractivity contribution in [2.45, 2.75) is 26.7 Å². The van der Waals surface area contributed by atoms with Crippen LogP contribution in [-0.4, -0.2) is 24.1 Å². The molecule has 3 aromatic heterocycles. The highest BCUT2D eigenvalue weighted by molar-refractivity contribution is 6.19. The van der Waals surface area contributed by atoms with E-state index >= 15 is 0 Å². The van der Waals surface area contributed by atoms with Crippen LogP contribution in [0.2, 0.25) is 0 Å². The molecule has 12 aromatic rings. The van der Waals surface area contributed by atoms with E-state index < -0.39 is 0 Å². The summed E-state index contributed by atoms with van der Waals surface area (Å²) in [5.41, 5.74) is 15.1. The minimum absolute atomic E-state index is 0.586. The molecule has 1 aliphatic carbocycles. The molecule has 0 N–H and O–H groups in total. The summed E-state index contributed by atoms with van der Waals surface area (Å²) in [6, 6.07) is 71.5. The van der Waals surface area contributed by atoms with Gasteiger partial charge < -0.3 is 4.57 Å². The number of aromatic nitrogens is 5. The van der Waals surface area contributed by atoms with Gasteiger partial charge in [0.15, 0.2) is 11.6 Å². The Bertz CT molecular complexity index is 3660. The van der Waals surface area contributed by atoms with E-state index in [1.165, 1.54) is 73.4 Å². The Balaban J connectivity index is 0.00000104. The Morgan fingerprint density at radius 2 is 0.781 bits per heavy atom. The smallest absolute Gasteiger partial charge is 0.238 e. The Morgan fingerprint density at radius 3 is 1.36 bits per heavy atom. The van der Waals surface area contributed by atoms with Crippen molar-refractivity contribution in [1.82, 2.24) is 24.1 Å². The molecule has 0 bridgehead atoms. The van der Waals surface area contributed by atoms with E-state index in [1.54, 1.807) is 0 Å². The summed E-state index contributed by atoms with van der Waals surface area (Å²) in [6.07, 6.45) is 2.64. The molecule has 0 amide bonds. The van der Waals surface area contributed by atoms with Crippen molar-refractivity contribution < 1.29 is 0 Å². The topological polar surface area (TPSA) is 48.5 Å². The zero-order chi connectivity index (χ0) is 42.7. The van der Waals surface area contributed by atoms with Crippen molar-refractivity contribution in [2.24, 2.45) is 0 Å². The average Bonchev–Trinajstić information content (AvgIpc) is 4.00. The van der Waals surface area contributed by atoms with Gasteiger partial charge in [0, 0.05) is 38.1 Å². The molecule has 304 valence electrons. The average molecular weight is 822 g/mol. The van der Waals surface area contributed by atoms with Crippen molar-refractivity contribution in [2.75, 3.05) is 0 Å². The van der Waals surface area contributed by atoms with Crippen LogP contribution in [0.1, 0.15) is 26.7 Å². The van der Waals surface area contributed by atoms with Crippen molar-refractivity contribution in [1.29, 1.82) is 0 Å². The number of fused-ring (bicyclic) bond motifs is 9. The van der Waals surface area contributed by atoms with Gasteiger partial charge in [-0.05, 0) is 81.2 Å². The van der Waals surface area contributed by atoms with Gasteiger partial charge in [-0.3, -0.25) is 4.57 Å². The van der Waals surface area contributed by atoms with Crippen LogP contribution in [0, 0.1) is 0 Å². The van der Waals surface area contributed by atoms with Crippen LogP contribution in [0.15, 0.2) is 200 Å². The quantitative estimate of drug-likeness (QED) is 0.168. The summed E-state index contributed by atoms with van der Waals surface area (Å²) >= 11 is 0. The van der Waals surface area contributed by atoms with Crippen LogP contribution in [0.3, 0.4) is 0 Å². The fourth-order valence-electron chi connectivity index (χ4n) is 9.67. The second kappa shape index (κ2) is 15.3. The van der Waals surface area contributed by atoms with Gasteiger partial charge in [-0.2, -0.15) is 9.97 Å². The van der Waals surface area contributed by atoms with E-state index in [4.69, 9.17) is 15.0 Å². The van der Waals surface area contributed by atoms with Crippen LogP contribution >= 0.6 is 0 Å². The Kier molecular flexibility index (Phi) is 9.01. The Hall–Kier alpha value is -8.15. The van der Waals surface area contributed by atoms with Crippen LogP contribution in [0.5, 0.6) is 0 Å². The van der Waals surface area contributed by atoms with E-state index in [0.717, 1.165) is 44.1 Å². The zero-order valence-corrected chi connectivity index (χ0v) is 35.7. The highest BCUT2D eigenvalue weighted by Gasteiger charge is 2.24. The standard InChI is InChI=1S/C55H33N5.C4H10/c1-3-14-34(15-4-1)53-56-54(35-16-5-2-6-17-35)58-55(57-53)60-48-25-12-10-21-41(48)46-33-37(27-30-51(46)60)36-26-29-50-45(32-36)40-20-9-11-24-47(40)59(50)49-31-28-43-39-19-8-7-18-38(39)42-22-13-23-44(49)52(42)43;1-3-4-2/h1-33H;3-4H2,1-2H3. The molecule has 0 aliphatic heterocycles. The van der Waals surface area contributed by atoms with Gasteiger partial charge >= 0.3 is 0 Å². The predicted octanol–water partition coefficient (Wildman–Crippen LogP) is 15.7. The first-order valence-electron chi connectivity index (χ1n) is 22.3. The van der Waals surface area contributed by atoms with E-state index in [0.29, 0.717) is 17.6 Å². The van der Waals surface area contributed by atoms with E-state index in [2.05, 4.69) is 163 Å². The minimum atomic E-state index is 0.586. The van der Waals surface area contributed by atoms with Gasteiger partial charge in [0.25, 0.3) is 0 Å². The van der Waals surface area contributed by atoms with Gasteiger partial charge in [-0.1, -0.05) is 184 Å². The third-order valence-corrected chi connectivity index (χ3v) is 12.8. The molecular formula is C59H43N5. The summed E-state index contributed by atoms with van der Waals surface area (Å²) in [5.74, 6) is 1.86. The highest BCUT2D eigenvalue weighted by atomic mass is 15.2. The zero-order valence-electron chi connectivity index (χ0n) is 35.7. The molecule has 0 saturated heterocycles. The lowest BCUT2D eigenvalue weighted by Gasteiger charge is -2.13. The Morgan fingerprint density at radius 1 is 0.328 bits per heavy atom. The van der Waals surface area contributed by atoms with Gasteiger partial charge in [0.2, 0.25) is 5.95 Å². The fourth-order valence-corrected chi connectivity index (χ4v) is 9.67. The molecule has 0 radical (unpaired) electrons. The van der Waals surface area contributed by atoms with Crippen LogP contribution < -0.4 is 0 Å². The maximum atomic E-state index is 5.12.